The van der Waals surface area contributed by atoms with Gasteiger partial charge in [-0.25, -0.2) is 4.39 Å². The van der Waals surface area contributed by atoms with Crippen LogP contribution < -0.4 is 10.6 Å². The molecule has 0 aliphatic heterocycles. The van der Waals surface area contributed by atoms with Crippen LogP contribution in [0, 0.1) is 5.82 Å². The summed E-state index contributed by atoms with van der Waals surface area (Å²) >= 11 is 0. The van der Waals surface area contributed by atoms with Gasteiger partial charge in [0.25, 0.3) is 0 Å². The maximum absolute atomic E-state index is 12.6. The molecule has 0 unspecified atom stereocenters. The van der Waals surface area contributed by atoms with Gasteiger partial charge in [-0.1, -0.05) is 6.92 Å². The van der Waals surface area contributed by atoms with Gasteiger partial charge in [0.2, 0.25) is 11.8 Å². The first-order valence-electron chi connectivity index (χ1n) is 5.44. The molecular weight excluding hydrogens is 223 g/mol. The van der Waals surface area contributed by atoms with Crippen molar-refractivity contribution in [2.45, 2.75) is 19.8 Å². The number of rotatable bonds is 5. The number of hydrogen-bond acceptors (Lipinski definition) is 2. The summed E-state index contributed by atoms with van der Waals surface area (Å²) in [4.78, 5) is 22.6. The van der Waals surface area contributed by atoms with E-state index in [2.05, 4.69) is 10.6 Å². The monoisotopic (exact) mass is 238 g/mol. The number of hydrogen-bond donors (Lipinski definition) is 2. The molecule has 0 radical (unpaired) electrons. The first-order chi connectivity index (χ1) is 8.11. The Labute approximate surface area is 99.2 Å². The summed E-state index contributed by atoms with van der Waals surface area (Å²) in [6.07, 6.45) is 0.600. The molecule has 17 heavy (non-hydrogen) atoms. The summed E-state index contributed by atoms with van der Waals surface area (Å²) in [5, 5.41) is 5.11. The summed E-state index contributed by atoms with van der Waals surface area (Å²) in [5.74, 6) is -1.10. The number of carbonyl (C=O) groups is 2. The lowest BCUT2D eigenvalue weighted by molar-refractivity contribution is -0.126. The van der Waals surface area contributed by atoms with Gasteiger partial charge >= 0.3 is 0 Å². The zero-order chi connectivity index (χ0) is 12.7. The third-order valence-corrected chi connectivity index (χ3v) is 2.02. The minimum Gasteiger partial charge on any atom is -0.356 e. The molecule has 5 heteroatoms. The molecule has 1 rings (SSSR count). The first-order valence-corrected chi connectivity index (χ1v) is 5.44. The fourth-order valence-corrected chi connectivity index (χ4v) is 1.21. The topological polar surface area (TPSA) is 58.2 Å². The zero-order valence-corrected chi connectivity index (χ0v) is 9.63. The Kier molecular flexibility index (Phi) is 5.13. The van der Waals surface area contributed by atoms with E-state index in [-0.39, 0.29) is 18.1 Å². The quantitative estimate of drug-likeness (QED) is 0.767. The van der Waals surface area contributed by atoms with E-state index in [1.807, 2.05) is 6.92 Å². The van der Waals surface area contributed by atoms with E-state index in [1.165, 1.54) is 24.3 Å². The average molecular weight is 238 g/mol. The van der Waals surface area contributed by atoms with Gasteiger partial charge in [0, 0.05) is 12.2 Å². The predicted octanol–water partition coefficient (Wildman–Crippen LogP) is 1.68. The van der Waals surface area contributed by atoms with Crippen LogP contribution in [0.4, 0.5) is 10.1 Å². The summed E-state index contributed by atoms with van der Waals surface area (Å²) in [5.41, 5.74) is 0.472. The molecule has 1 aromatic rings. The maximum atomic E-state index is 12.6. The van der Waals surface area contributed by atoms with Crippen LogP contribution in [0.25, 0.3) is 0 Å². The van der Waals surface area contributed by atoms with Crippen molar-refractivity contribution in [3.05, 3.63) is 30.1 Å². The van der Waals surface area contributed by atoms with Crippen molar-refractivity contribution in [2.75, 3.05) is 11.9 Å². The van der Waals surface area contributed by atoms with E-state index in [1.54, 1.807) is 0 Å². The van der Waals surface area contributed by atoms with Gasteiger partial charge in [0.1, 0.15) is 12.2 Å². The minimum absolute atomic E-state index is 0.225. The fourth-order valence-electron chi connectivity index (χ4n) is 1.21. The van der Waals surface area contributed by atoms with Crippen molar-refractivity contribution in [1.82, 2.24) is 5.32 Å². The van der Waals surface area contributed by atoms with E-state index in [0.717, 1.165) is 6.42 Å². The van der Waals surface area contributed by atoms with Crippen molar-refractivity contribution in [1.29, 1.82) is 0 Å². The second-order valence-corrected chi connectivity index (χ2v) is 3.58. The van der Waals surface area contributed by atoms with Gasteiger partial charge in [-0.15, -0.1) is 0 Å². The second kappa shape index (κ2) is 6.62. The highest BCUT2D eigenvalue weighted by Crippen LogP contribution is 2.08. The lowest BCUT2D eigenvalue weighted by Crippen LogP contribution is -2.28. The van der Waals surface area contributed by atoms with Crippen molar-refractivity contribution in [3.63, 3.8) is 0 Å². The van der Waals surface area contributed by atoms with Crippen molar-refractivity contribution >= 4 is 17.5 Å². The molecule has 0 aliphatic carbocycles. The second-order valence-electron chi connectivity index (χ2n) is 3.58. The highest BCUT2D eigenvalue weighted by molar-refractivity contribution is 6.03. The van der Waals surface area contributed by atoms with E-state index >= 15 is 0 Å². The predicted molar refractivity (Wildman–Crippen MR) is 62.9 cm³/mol. The SMILES string of the molecule is CCCNC(=O)CC(=O)Nc1ccc(F)cc1. The number of amides is 2. The molecule has 92 valence electrons. The van der Waals surface area contributed by atoms with Crippen LogP contribution in [0.1, 0.15) is 19.8 Å². The van der Waals surface area contributed by atoms with Gasteiger partial charge in [-0.2, -0.15) is 0 Å². The molecule has 0 heterocycles. The van der Waals surface area contributed by atoms with Crippen LogP contribution in [0.15, 0.2) is 24.3 Å². The first kappa shape index (κ1) is 13.2. The van der Waals surface area contributed by atoms with Crippen molar-refractivity contribution in [2.24, 2.45) is 0 Å². The number of halogens is 1. The molecule has 1 aromatic carbocycles. The van der Waals surface area contributed by atoms with Gasteiger partial charge < -0.3 is 10.6 Å². The van der Waals surface area contributed by atoms with Crippen LogP contribution in [0.2, 0.25) is 0 Å². The van der Waals surface area contributed by atoms with Crippen LogP contribution in [-0.4, -0.2) is 18.4 Å². The van der Waals surface area contributed by atoms with Crippen molar-refractivity contribution < 1.29 is 14.0 Å². The summed E-state index contributed by atoms with van der Waals surface area (Å²) in [6.45, 7) is 2.49. The summed E-state index contributed by atoms with van der Waals surface area (Å²) < 4.78 is 12.6. The highest BCUT2D eigenvalue weighted by Gasteiger charge is 2.08. The zero-order valence-electron chi connectivity index (χ0n) is 9.63. The van der Waals surface area contributed by atoms with Crippen molar-refractivity contribution in [3.8, 4) is 0 Å². The van der Waals surface area contributed by atoms with Gasteiger partial charge in [-0.05, 0) is 30.7 Å². The van der Waals surface area contributed by atoms with Crippen LogP contribution in [-0.2, 0) is 9.59 Å². The molecule has 0 aromatic heterocycles. The molecule has 0 atom stereocenters. The Morgan fingerprint density at radius 1 is 1.18 bits per heavy atom. The van der Waals surface area contributed by atoms with E-state index in [0.29, 0.717) is 12.2 Å². The third kappa shape index (κ3) is 5.10. The number of benzene rings is 1. The van der Waals surface area contributed by atoms with Gasteiger partial charge in [-0.3, -0.25) is 9.59 Å². The van der Waals surface area contributed by atoms with Crippen LogP contribution >= 0.6 is 0 Å². The maximum Gasteiger partial charge on any atom is 0.233 e. The fraction of sp³-hybridized carbons (Fsp3) is 0.333. The number of carbonyl (C=O) groups excluding carboxylic acids is 2. The molecule has 2 N–H and O–H groups in total. The normalized spacial score (nSPS) is 9.76. The lowest BCUT2D eigenvalue weighted by atomic mass is 10.3. The van der Waals surface area contributed by atoms with E-state index < -0.39 is 5.91 Å². The minimum atomic E-state index is -0.412. The summed E-state index contributed by atoms with van der Waals surface area (Å²) in [6, 6.07) is 5.37. The highest BCUT2D eigenvalue weighted by atomic mass is 19.1. The molecule has 0 fully saturated rings. The lowest BCUT2D eigenvalue weighted by Gasteiger charge is -2.05. The van der Waals surface area contributed by atoms with E-state index in [4.69, 9.17) is 0 Å². The largest absolute Gasteiger partial charge is 0.356 e. The molecular formula is C12H15FN2O2. The van der Waals surface area contributed by atoms with Crippen LogP contribution in [0.5, 0.6) is 0 Å². The van der Waals surface area contributed by atoms with Gasteiger partial charge in [0.05, 0.1) is 0 Å². The standard InChI is InChI=1S/C12H15FN2O2/c1-2-7-14-11(16)8-12(17)15-10-5-3-9(13)4-6-10/h3-6H,2,7-8H2,1H3,(H,14,16)(H,15,17). The number of anilines is 1. The third-order valence-electron chi connectivity index (χ3n) is 2.02. The van der Waals surface area contributed by atoms with Crippen LogP contribution in [0.3, 0.4) is 0 Å². The summed E-state index contributed by atoms with van der Waals surface area (Å²) in [7, 11) is 0. The Balaban J connectivity index is 2.39. The molecule has 0 aliphatic rings. The Hall–Kier alpha value is -1.91. The molecule has 0 saturated carbocycles. The molecule has 0 spiro atoms. The average Bonchev–Trinajstić information content (AvgIpc) is 2.29. The van der Waals surface area contributed by atoms with E-state index in [9.17, 15) is 14.0 Å². The van der Waals surface area contributed by atoms with Gasteiger partial charge in [0.15, 0.2) is 0 Å². The number of nitrogens with one attached hydrogen (secondary N) is 2. The Morgan fingerprint density at radius 3 is 2.41 bits per heavy atom. The molecule has 0 bridgehead atoms. The Bertz CT molecular complexity index is 390. The molecule has 4 nitrogen and oxygen atoms in total. The molecule has 2 amide bonds. The Morgan fingerprint density at radius 2 is 1.82 bits per heavy atom. The molecule has 0 saturated heterocycles. The smallest absolute Gasteiger partial charge is 0.233 e.